The molecule has 144 valence electrons. The zero-order valence-corrected chi connectivity index (χ0v) is 15.9. The highest BCUT2D eigenvalue weighted by Crippen LogP contribution is 2.35. The summed E-state index contributed by atoms with van der Waals surface area (Å²) in [5, 5.41) is 2.78. The Morgan fingerprint density at radius 3 is 2.93 bits per heavy atom. The van der Waals surface area contributed by atoms with Crippen molar-refractivity contribution in [3.8, 4) is 33.9 Å². The van der Waals surface area contributed by atoms with Crippen LogP contribution < -0.4 is 14.8 Å². The summed E-state index contributed by atoms with van der Waals surface area (Å²) in [4.78, 5) is 15.8. The van der Waals surface area contributed by atoms with E-state index in [2.05, 4.69) is 16.4 Å². The first-order valence-corrected chi connectivity index (χ1v) is 9.39. The van der Waals surface area contributed by atoms with E-state index in [1.165, 1.54) is 5.56 Å². The van der Waals surface area contributed by atoms with Crippen molar-refractivity contribution in [2.24, 2.45) is 0 Å². The maximum absolute atomic E-state index is 11.2. The van der Waals surface area contributed by atoms with Gasteiger partial charge in [0, 0.05) is 29.3 Å². The predicted molar refractivity (Wildman–Crippen MR) is 112 cm³/mol. The molecule has 1 aliphatic heterocycles. The van der Waals surface area contributed by atoms with E-state index in [0.29, 0.717) is 17.7 Å². The monoisotopic (exact) mass is 385 g/mol. The summed E-state index contributed by atoms with van der Waals surface area (Å²) in [5.41, 5.74) is 6.37. The Labute approximate surface area is 167 Å². The van der Waals surface area contributed by atoms with E-state index in [1.807, 2.05) is 59.3 Å². The fraction of sp³-hybridized carbons (Fsp3) is 0.130. The van der Waals surface area contributed by atoms with Crippen LogP contribution in [-0.2, 0) is 11.2 Å². The van der Waals surface area contributed by atoms with Crippen molar-refractivity contribution in [2.45, 2.75) is 6.42 Å². The Hall–Kier alpha value is -3.80. The fourth-order valence-electron chi connectivity index (χ4n) is 3.85. The van der Waals surface area contributed by atoms with Gasteiger partial charge in [-0.05, 0) is 35.9 Å². The van der Waals surface area contributed by atoms with E-state index in [9.17, 15) is 4.79 Å². The second kappa shape index (κ2) is 6.98. The van der Waals surface area contributed by atoms with Gasteiger partial charge in [-0.1, -0.05) is 18.2 Å². The van der Waals surface area contributed by atoms with E-state index in [1.54, 1.807) is 7.11 Å². The van der Waals surface area contributed by atoms with Gasteiger partial charge in [-0.2, -0.15) is 0 Å². The summed E-state index contributed by atoms with van der Waals surface area (Å²) in [5.74, 6) is 1.71. The molecule has 5 rings (SSSR count). The van der Waals surface area contributed by atoms with Crippen LogP contribution in [-0.4, -0.2) is 29.5 Å². The quantitative estimate of drug-likeness (QED) is 0.524. The lowest BCUT2D eigenvalue weighted by atomic mass is 10.0. The van der Waals surface area contributed by atoms with Crippen LogP contribution >= 0.6 is 0 Å². The van der Waals surface area contributed by atoms with Crippen LogP contribution in [0.2, 0.25) is 0 Å². The van der Waals surface area contributed by atoms with Crippen molar-refractivity contribution in [1.82, 2.24) is 9.38 Å². The van der Waals surface area contributed by atoms with Gasteiger partial charge in [0.05, 0.1) is 31.3 Å². The molecule has 2 aromatic heterocycles. The Bertz CT molecular complexity index is 1230. The van der Waals surface area contributed by atoms with Crippen LogP contribution in [0, 0.1) is 0 Å². The molecule has 2 aromatic carbocycles. The summed E-state index contributed by atoms with van der Waals surface area (Å²) in [6.45, 7) is 0.720. The van der Waals surface area contributed by atoms with Crippen molar-refractivity contribution >= 4 is 17.7 Å². The third-order valence-electron chi connectivity index (χ3n) is 5.22. The highest BCUT2D eigenvalue weighted by molar-refractivity contribution is 5.87. The number of rotatable bonds is 5. The summed E-state index contributed by atoms with van der Waals surface area (Å²) in [7, 11) is 1.65. The van der Waals surface area contributed by atoms with E-state index in [0.717, 1.165) is 46.9 Å². The van der Waals surface area contributed by atoms with Crippen molar-refractivity contribution in [2.75, 3.05) is 19.0 Å². The predicted octanol–water partition coefficient (Wildman–Crippen LogP) is 4.18. The number of pyridine rings is 1. The van der Waals surface area contributed by atoms with E-state index >= 15 is 0 Å². The number of nitrogens with one attached hydrogen (secondary N) is 1. The van der Waals surface area contributed by atoms with Crippen molar-refractivity contribution in [3.63, 3.8) is 0 Å². The smallest absolute Gasteiger partial charge is 0.211 e. The third kappa shape index (κ3) is 2.89. The van der Waals surface area contributed by atoms with Crippen molar-refractivity contribution in [3.05, 3.63) is 66.5 Å². The molecule has 1 aliphatic rings. The van der Waals surface area contributed by atoms with Crippen LogP contribution in [0.1, 0.15) is 5.56 Å². The standard InChI is InChI=1S/C23H19N3O3/c1-28-22-5-3-2-4-18(22)17-11-19(25-14-27)23-24-12-20(26(23)13-17)15-6-7-21-16(10-15)8-9-29-21/h2-7,10-14H,8-9H2,1H3,(H,25,27). The molecule has 6 nitrogen and oxygen atoms in total. The number of para-hydroxylation sites is 1. The van der Waals surface area contributed by atoms with E-state index in [4.69, 9.17) is 9.47 Å². The van der Waals surface area contributed by atoms with Gasteiger partial charge in [-0.15, -0.1) is 0 Å². The van der Waals surface area contributed by atoms with E-state index in [-0.39, 0.29) is 0 Å². The van der Waals surface area contributed by atoms with Gasteiger partial charge in [-0.3, -0.25) is 9.20 Å². The van der Waals surface area contributed by atoms with Crippen LogP contribution in [0.15, 0.2) is 60.9 Å². The summed E-state index contributed by atoms with van der Waals surface area (Å²) in [6, 6.07) is 15.9. The maximum atomic E-state index is 11.2. The second-order valence-electron chi connectivity index (χ2n) is 6.86. The van der Waals surface area contributed by atoms with Gasteiger partial charge in [0.25, 0.3) is 0 Å². The largest absolute Gasteiger partial charge is 0.496 e. The molecule has 0 saturated carbocycles. The molecule has 0 saturated heterocycles. The molecule has 6 heteroatoms. The Balaban J connectivity index is 1.73. The van der Waals surface area contributed by atoms with Crippen LogP contribution in [0.5, 0.6) is 11.5 Å². The number of carbonyl (C=O) groups excluding carboxylic acids is 1. The first-order valence-electron chi connectivity index (χ1n) is 9.39. The van der Waals surface area contributed by atoms with Gasteiger partial charge in [0.2, 0.25) is 6.41 Å². The SMILES string of the molecule is COc1ccccc1-c1cc(NC=O)c2ncc(-c3ccc4c(c3)CCO4)n2c1. The summed E-state index contributed by atoms with van der Waals surface area (Å²) < 4.78 is 13.2. The molecule has 0 unspecified atom stereocenters. The minimum Gasteiger partial charge on any atom is -0.496 e. The number of methoxy groups -OCH3 is 1. The molecule has 3 heterocycles. The van der Waals surface area contributed by atoms with Crippen molar-refractivity contribution < 1.29 is 14.3 Å². The number of imidazole rings is 1. The van der Waals surface area contributed by atoms with Crippen molar-refractivity contribution in [1.29, 1.82) is 0 Å². The molecule has 4 aromatic rings. The van der Waals surface area contributed by atoms with Gasteiger partial charge in [0.15, 0.2) is 5.65 Å². The zero-order chi connectivity index (χ0) is 19.8. The van der Waals surface area contributed by atoms with Gasteiger partial charge in [0.1, 0.15) is 11.5 Å². The molecular weight excluding hydrogens is 366 g/mol. The minimum atomic E-state index is 0.638. The lowest BCUT2D eigenvalue weighted by molar-refractivity contribution is -0.105. The third-order valence-corrected chi connectivity index (χ3v) is 5.22. The lowest BCUT2D eigenvalue weighted by Crippen LogP contribution is -2.00. The van der Waals surface area contributed by atoms with Gasteiger partial charge < -0.3 is 14.8 Å². The number of anilines is 1. The maximum Gasteiger partial charge on any atom is 0.211 e. The molecule has 0 bridgehead atoms. The molecule has 0 fully saturated rings. The number of nitrogens with zero attached hydrogens (tertiary/aromatic N) is 2. The molecule has 1 N–H and O–H groups in total. The van der Waals surface area contributed by atoms with Gasteiger partial charge in [-0.25, -0.2) is 4.98 Å². The molecular formula is C23H19N3O3. The Kier molecular flexibility index (Phi) is 4.17. The number of carbonyl (C=O) groups is 1. The summed E-state index contributed by atoms with van der Waals surface area (Å²) >= 11 is 0. The number of amides is 1. The van der Waals surface area contributed by atoms with Crippen LogP contribution in [0.4, 0.5) is 5.69 Å². The average Bonchev–Trinajstić information content (AvgIpc) is 3.40. The molecule has 29 heavy (non-hydrogen) atoms. The summed E-state index contributed by atoms with van der Waals surface area (Å²) in [6.07, 6.45) is 5.43. The zero-order valence-electron chi connectivity index (χ0n) is 15.9. The molecule has 1 amide bonds. The van der Waals surface area contributed by atoms with E-state index < -0.39 is 0 Å². The normalized spacial score (nSPS) is 12.4. The Morgan fingerprint density at radius 1 is 1.17 bits per heavy atom. The molecule has 0 aliphatic carbocycles. The number of ether oxygens (including phenoxy) is 2. The van der Waals surface area contributed by atoms with Crippen LogP contribution in [0.3, 0.4) is 0 Å². The second-order valence-corrected chi connectivity index (χ2v) is 6.86. The topological polar surface area (TPSA) is 64.9 Å². The highest BCUT2D eigenvalue weighted by atomic mass is 16.5. The number of hydrogen-bond acceptors (Lipinski definition) is 4. The number of aromatic nitrogens is 2. The Morgan fingerprint density at radius 2 is 2.07 bits per heavy atom. The number of fused-ring (bicyclic) bond motifs is 2. The van der Waals surface area contributed by atoms with Crippen LogP contribution in [0.25, 0.3) is 28.0 Å². The number of hydrogen-bond donors (Lipinski definition) is 1. The first-order chi connectivity index (χ1) is 14.3. The molecule has 0 radical (unpaired) electrons. The van der Waals surface area contributed by atoms with Gasteiger partial charge >= 0.3 is 0 Å². The first kappa shape index (κ1) is 17.3. The highest BCUT2D eigenvalue weighted by Gasteiger charge is 2.17. The number of benzene rings is 2. The average molecular weight is 385 g/mol. The minimum absolute atomic E-state index is 0.638. The molecule has 0 spiro atoms. The fourth-order valence-corrected chi connectivity index (χ4v) is 3.85. The lowest BCUT2D eigenvalue weighted by Gasteiger charge is -2.12. The molecule has 0 atom stereocenters.